The molecular formula is C40H25NS. The van der Waals surface area contributed by atoms with Crippen molar-refractivity contribution in [1.29, 1.82) is 0 Å². The summed E-state index contributed by atoms with van der Waals surface area (Å²) in [6.45, 7) is 0. The molecule has 0 aliphatic carbocycles. The van der Waals surface area contributed by atoms with Crippen LogP contribution in [0.25, 0.3) is 86.1 Å². The van der Waals surface area contributed by atoms with Crippen LogP contribution in [0.5, 0.6) is 0 Å². The highest BCUT2D eigenvalue weighted by Gasteiger charge is 2.21. The Morgan fingerprint density at radius 2 is 1.00 bits per heavy atom. The average molecular weight is 552 g/mol. The molecule has 196 valence electrons. The van der Waals surface area contributed by atoms with Crippen LogP contribution in [0, 0.1) is 0 Å². The summed E-state index contributed by atoms with van der Waals surface area (Å²) in [6.07, 6.45) is 0. The molecule has 2 heteroatoms. The molecule has 1 nitrogen and oxygen atoms in total. The van der Waals surface area contributed by atoms with E-state index in [0.717, 1.165) is 5.52 Å². The van der Waals surface area contributed by atoms with Crippen LogP contribution in [0.3, 0.4) is 0 Å². The van der Waals surface area contributed by atoms with E-state index in [1.165, 1.54) is 80.6 Å². The first-order valence-electron chi connectivity index (χ1n) is 14.4. The number of nitrogens with one attached hydrogen (secondary N) is 1. The number of H-pyrrole nitrogens is 1. The van der Waals surface area contributed by atoms with Crippen LogP contribution >= 0.6 is 11.3 Å². The van der Waals surface area contributed by atoms with Crippen molar-refractivity contribution in [3.8, 4) is 33.4 Å². The van der Waals surface area contributed by atoms with Gasteiger partial charge in [-0.1, -0.05) is 127 Å². The number of aromatic amines is 1. The van der Waals surface area contributed by atoms with Gasteiger partial charge in [0.25, 0.3) is 0 Å². The van der Waals surface area contributed by atoms with Crippen LogP contribution in [-0.2, 0) is 0 Å². The quantitative estimate of drug-likeness (QED) is 0.225. The van der Waals surface area contributed by atoms with Gasteiger partial charge in [0.1, 0.15) is 0 Å². The van der Waals surface area contributed by atoms with E-state index in [9.17, 15) is 0 Å². The summed E-state index contributed by atoms with van der Waals surface area (Å²) in [5.41, 5.74) is 9.84. The maximum Gasteiger partial charge on any atom is 0.0551 e. The molecule has 42 heavy (non-hydrogen) atoms. The van der Waals surface area contributed by atoms with Gasteiger partial charge in [0.15, 0.2) is 0 Å². The molecule has 0 fully saturated rings. The zero-order valence-corrected chi connectivity index (χ0v) is 23.6. The van der Waals surface area contributed by atoms with Crippen molar-refractivity contribution in [2.75, 3.05) is 0 Å². The molecular weight excluding hydrogens is 527 g/mol. The Kier molecular flexibility index (Phi) is 5.13. The van der Waals surface area contributed by atoms with Gasteiger partial charge in [-0.2, -0.15) is 0 Å². The summed E-state index contributed by atoms with van der Waals surface area (Å²) in [7, 11) is 0. The summed E-state index contributed by atoms with van der Waals surface area (Å²) in [4.78, 5) is 3.85. The molecule has 9 rings (SSSR count). The third-order valence-corrected chi connectivity index (χ3v) is 9.79. The van der Waals surface area contributed by atoms with Crippen LogP contribution < -0.4 is 0 Å². The lowest BCUT2D eigenvalue weighted by Gasteiger charge is -2.18. The van der Waals surface area contributed by atoms with Gasteiger partial charge in [0.2, 0.25) is 0 Å². The second kappa shape index (κ2) is 9.17. The lowest BCUT2D eigenvalue weighted by molar-refractivity contribution is 1.53. The Morgan fingerprint density at radius 3 is 1.90 bits per heavy atom. The van der Waals surface area contributed by atoms with Crippen molar-refractivity contribution in [1.82, 2.24) is 4.98 Å². The van der Waals surface area contributed by atoms with Gasteiger partial charge in [-0.15, -0.1) is 11.3 Å². The molecule has 7 aromatic carbocycles. The third kappa shape index (κ3) is 3.43. The van der Waals surface area contributed by atoms with Crippen molar-refractivity contribution in [2.45, 2.75) is 0 Å². The van der Waals surface area contributed by atoms with Crippen molar-refractivity contribution in [3.05, 3.63) is 146 Å². The van der Waals surface area contributed by atoms with Gasteiger partial charge in [-0.3, -0.25) is 0 Å². The van der Waals surface area contributed by atoms with E-state index in [0.29, 0.717) is 0 Å². The Labute approximate surface area is 247 Å². The minimum Gasteiger partial charge on any atom is -0.354 e. The fourth-order valence-electron chi connectivity index (χ4n) is 6.82. The van der Waals surface area contributed by atoms with Gasteiger partial charge in [0, 0.05) is 42.0 Å². The molecule has 9 aromatic rings. The van der Waals surface area contributed by atoms with E-state index in [-0.39, 0.29) is 0 Å². The van der Waals surface area contributed by atoms with Crippen LogP contribution in [0.15, 0.2) is 146 Å². The molecule has 1 N–H and O–H groups in total. The van der Waals surface area contributed by atoms with Crippen molar-refractivity contribution in [2.24, 2.45) is 0 Å². The van der Waals surface area contributed by atoms with E-state index >= 15 is 0 Å². The fraction of sp³-hybridized carbons (Fsp3) is 0. The maximum absolute atomic E-state index is 3.85. The lowest BCUT2D eigenvalue weighted by atomic mass is 9.86. The molecule has 0 saturated carbocycles. The number of hydrogen-bond acceptors (Lipinski definition) is 1. The summed E-state index contributed by atoms with van der Waals surface area (Å²) < 4.78 is 2.64. The minimum atomic E-state index is 1.16. The predicted octanol–water partition coefficient (Wildman–Crippen LogP) is 11.8. The molecule has 0 radical (unpaired) electrons. The lowest BCUT2D eigenvalue weighted by Crippen LogP contribution is -1.92. The molecule has 0 atom stereocenters. The van der Waals surface area contributed by atoms with Crippen LogP contribution in [0.2, 0.25) is 0 Å². The van der Waals surface area contributed by atoms with Crippen molar-refractivity contribution < 1.29 is 0 Å². The summed E-state index contributed by atoms with van der Waals surface area (Å²) in [6, 6.07) is 53.1. The predicted molar refractivity (Wildman–Crippen MR) is 183 cm³/mol. The van der Waals surface area contributed by atoms with Crippen molar-refractivity contribution >= 4 is 64.1 Å². The Hall–Kier alpha value is -5.18. The van der Waals surface area contributed by atoms with Gasteiger partial charge in [0.05, 0.1) is 5.52 Å². The Morgan fingerprint density at radius 1 is 0.381 bits per heavy atom. The monoisotopic (exact) mass is 551 g/mol. The Bertz CT molecular complexity index is 2470. The molecule has 0 unspecified atom stereocenters. The van der Waals surface area contributed by atoms with E-state index in [1.54, 1.807) is 0 Å². The first-order chi connectivity index (χ1) is 20.8. The third-order valence-electron chi connectivity index (χ3n) is 8.65. The molecule has 0 aliphatic rings. The van der Waals surface area contributed by atoms with Gasteiger partial charge in [-0.25, -0.2) is 0 Å². The second-order valence-corrected chi connectivity index (χ2v) is 12.0. The highest BCUT2D eigenvalue weighted by Crippen LogP contribution is 2.48. The van der Waals surface area contributed by atoms with Gasteiger partial charge in [-0.05, 0) is 56.8 Å². The second-order valence-electron chi connectivity index (χ2n) is 10.9. The van der Waals surface area contributed by atoms with E-state index in [2.05, 4.69) is 151 Å². The van der Waals surface area contributed by atoms with Crippen LogP contribution in [0.4, 0.5) is 0 Å². The number of hydrogen-bond donors (Lipinski definition) is 1. The molecule has 2 aromatic heterocycles. The minimum absolute atomic E-state index is 1.16. The van der Waals surface area contributed by atoms with Gasteiger partial charge >= 0.3 is 0 Å². The summed E-state index contributed by atoms with van der Waals surface area (Å²) in [5, 5.41) is 7.67. The molecule has 0 aliphatic heterocycles. The van der Waals surface area contributed by atoms with Crippen molar-refractivity contribution in [3.63, 3.8) is 0 Å². The number of para-hydroxylation sites is 1. The van der Waals surface area contributed by atoms with Gasteiger partial charge < -0.3 is 4.98 Å². The van der Waals surface area contributed by atoms with E-state index < -0.39 is 0 Å². The molecule has 2 heterocycles. The van der Waals surface area contributed by atoms with E-state index in [4.69, 9.17) is 0 Å². The number of aromatic nitrogens is 1. The smallest absolute Gasteiger partial charge is 0.0551 e. The van der Waals surface area contributed by atoms with Crippen LogP contribution in [-0.4, -0.2) is 4.98 Å². The number of fused-ring (bicyclic) bond motifs is 7. The number of thiophene rings is 1. The topological polar surface area (TPSA) is 15.8 Å². The maximum atomic E-state index is 3.85. The normalized spacial score (nSPS) is 11.8. The number of benzene rings is 7. The fourth-order valence-corrected chi connectivity index (χ4v) is 7.95. The first-order valence-corrected chi connectivity index (χ1v) is 15.2. The Balaban J connectivity index is 1.44. The molecule has 0 amide bonds. The standard InChI is InChI=1S/C40H25NS/c1-2-13-26-25(11-1)12-9-18-27(26)28-14-3-4-15-29(28)31-23-24-32-30-16-5-7-20-35(30)41-40(32)39(31)34-19-10-22-37-38(34)33-17-6-8-21-36(33)42-37/h1-24,41H. The first kappa shape index (κ1) is 23.5. The van der Waals surface area contributed by atoms with Crippen LogP contribution in [0.1, 0.15) is 0 Å². The largest absolute Gasteiger partial charge is 0.354 e. The highest BCUT2D eigenvalue weighted by molar-refractivity contribution is 7.25. The van der Waals surface area contributed by atoms with E-state index in [1.807, 2.05) is 11.3 Å². The SMILES string of the molecule is c1ccc(-c2cccc3ccccc23)c(-c2ccc3c([nH]c4ccccc43)c2-c2cccc3sc4ccccc4c23)c1. The number of rotatable bonds is 3. The average Bonchev–Trinajstić information content (AvgIpc) is 3.63. The molecule has 0 bridgehead atoms. The highest BCUT2D eigenvalue weighted by atomic mass is 32.1. The molecule has 0 saturated heterocycles. The zero-order valence-electron chi connectivity index (χ0n) is 22.8. The summed E-state index contributed by atoms with van der Waals surface area (Å²) >= 11 is 1.87. The molecule has 0 spiro atoms. The zero-order chi connectivity index (χ0) is 27.6. The summed E-state index contributed by atoms with van der Waals surface area (Å²) in [5.74, 6) is 0.